The predicted molar refractivity (Wildman–Crippen MR) is 90.7 cm³/mol. The summed E-state index contributed by atoms with van der Waals surface area (Å²) < 4.78 is 38.7. The van der Waals surface area contributed by atoms with Crippen LogP contribution in [0.25, 0.3) is 0 Å². The lowest BCUT2D eigenvalue weighted by Crippen LogP contribution is -2.52. The second kappa shape index (κ2) is 5.70. The summed E-state index contributed by atoms with van der Waals surface area (Å²) in [4.78, 5) is 19.1. The molecule has 1 aliphatic heterocycles. The van der Waals surface area contributed by atoms with Gasteiger partial charge in [0.05, 0.1) is 6.42 Å². The molecule has 1 unspecified atom stereocenters. The molecule has 1 aromatic carbocycles. The average Bonchev–Trinajstić information content (AvgIpc) is 2.98. The Hall–Kier alpha value is -2.09. The number of fused-ring (bicyclic) bond motifs is 3. The Kier molecular flexibility index (Phi) is 3.86. The van der Waals surface area contributed by atoms with Gasteiger partial charge in [0, 0.05) is 12.5 Å². The molecule has 2 N–H and O–H groups in total. The summed E-state index contributed by atoms with van der Waals surface area (Å²) in [5, 5.41) is 11.9. The second-order valence-electron chi connectivity index (χ2n) is 7.98. The molecular weight excluding hydrogens is 359 g/mol. The van der Waals surface area contributed by atoms with Crippen LogP contribution in [0, 0.1) is 5.41 Å². The summed E-state index contributed by atoms with van der Waals surface area (Å²) in [6.45, 7) is 0. The first-order valence-electron chi connectivity index (χ1n) is 9.06. The highest BCUT2D eigenvalue weighted by atomic mass is 19.4. The molecule has 1 heterocycles. The van der Waals surface area contributed by atoms with Gasteiger partial charge in [-0.1, -0.05) is 31.0 Å². The molecule has 1 aromatic rings. The first kappa shape index (κ1) is 18.3. The van der Waals surface area contributed by atoms with E-state index in [1.165, 1.54) is 24.1 Å². The van der Waals surface area contributed by atoms with Gasteiger partial charge in [0.2, 0.25) is 0 Å². The number of guanidine groups is 1. The second-order valence-corrected chi connectivity index (χ2v) is 7.98. The Balaban J connectivity index is 1.87. The van der Waals surface area contributed by atoms with E-state index >= 15 is 0 Å². The molecule has 146 valence electrons. The highest BCUT2D eigenvalue weighted by molar-refractivity contribution is 6.08. The Morgan fingerprint density at radius 1 is 1.33 bits per heavy atom. The van der Waals surface area contributed by atoms with E-state index in [-0.39, 0.29) is 17.4 Å². The predicted octanol–water partition coefficient (Wildman–Crippen LogP) is 1.62. The number of alkyl halides is 3. The van der Waals surface area contributed by atoms with Gasteiger partial charge in [0.15, 0.2) is 11.5 Å². The third-order valence-corrected chi connectivity index (χ3v) is 6.39. The highest BCUT2D eigenvalue weighted by Gasteiger charge is 2.65. The molecule has 4 rings (SSSR count). The van der Waals surface area contributed by atoms with Crippen LogP contribution in [0.4, 0.5) is 13.2 Å². The van der Waals surface area contributed by atoms with Gasteiger partial charge in [0.1, 0.15) is 0 Å². The monoisotopic (exact) mass is 380 g/mol. The minimum absolute atomic E-state index is 0.0673. The molecule has 5 nitrogen and oxygen atoms in total. The fourth-order valence-electron chi connectivity index (χ4n) is 5.08. The zero-order chi connectivity index (χ0) is 19.6. The number of hydrogen-bond acceptors (Lipinski definition) is 4. The first-order chi connectivity index (χ1) is 12.6. The maximum Gasteiger partial charge on any atom is 0.393 e. The van der Waals surface area contributed by atoms with Crippen LogP contribution in [0.15, 0.2) is 23.2 Å². The topological polar surface area (TPSA) is 81.8 Å². The van der Waals surface area contributed by atoms with Crippen molar-refractivity contribution < 1.29 is 23.1 Å². The lowest BCUT2D eigenvalue weighted by atomic mass is 9.61. The van der Waals surface area contributed by atoms with Crippen LogP contribution in [0.5, 0.6) is 0 Å². The number of halogens is 3. The van der Waals surface area contributed by atoms with E-state index in [9.17, 15) is 23.1 Å². The van der Waals surface area contributed by atoms with Crippen LogP contribution in [-0.2, 0) is 23.2 Å². The van der Waals surface area contributed by atoms with Gasteiger partial charge < -0.3 is 10.8 Å². The number of carbonyl (C=O) groups excluding carboxylic acids is 1. The Morgan fingerprint density at radius 3 is 2.56 bits per heavy atom. The van der Waals surface area contributed by atoms with E-state index < -0.39 is 29.7 Å². The van der Waals surface area contributed by atoms with E-state index in [4.69, 9.17) is 5.73 Å². The number of rotatable bonds is 1. The summed E-state index contributed by atoms with van der Waals surface area (Å²) in [7, 11) is 1.53. The summed E-state index contributed by atoms with van der Waals surface area (Å²) >= 11 is 0. The lowest BCUT2D eigenvalue weighted by molar-refractivity contribution is -0.428. The number of carbonyl (C=O) groups is 1. The number of nitrogens with zero attached hydrogens (tertiary/aromatic N) is 2. The SMILES string of the molecule is CN1C(=O)C2(N=C1N)c1cc(CC(F)(F)F)ccc1CC21CCC([O-])CC1. The molecule has 0 saturated heterocycles. The van der Waals surface area contributed by atoms with E-state index in [0.29, 0.717) is 37.7 Å². The van der Waals surface area contributed by atoms with Crippen molar-refractivity contribution in [3.05, 3.63) is 34.9 Å². The smallest absolute Gasteiger partial charge is 0.393 e. The maximum absolute atomic E-state index is 13.3. The van der Waals surface area contributed by atoms with Crippen molar-refractivity contribution >= 4 is 11.9 Å². The molecule has 0 aromatic heterocycles. The van der Waals surface area contributed by atoms with Crippen LogP contribution in [0.1, 0.15) is 42.4 Å². The van der Waals surface area contributed by atoms with Gasteiger partial charge in [-0.05, 0) is 36.0 Å². The van der Waals surface area contributed by atoms with Gasteiger partial charge >= 0.3 is 6.18 Å². The number of hydrogen-bond donors (Lipinski definition) is 1. The molecule has 1 saturated carbocycles. The van der Waals surface area contributed by atoms with E-state index in [1.54, 1.807) is 6.07 Å². The van der Waals surface area contributed by atoms with Crippen molar-refractivity contribution in [2.75, 3.05) is 7.05 Å². The zero-order valence-electron chi connectivity index (χ0n) is 15.0. The van der Waals surface area contributed by atoms with Gasteiger partial charge in [-0.15, -0.1) is 6.10 Å². The van der Waals surface area contributed by atoms with Crippen molar-refractivity contribution in [3.8, 4) is 0 Å². The van der Waals surface area contributed by atoms with Gasteiger partial charge in [-0.2, -0.15) is 13.2 Å². The minimum atomic E-state index is -4.34. The molecule has 1 fully saturated rings. The van der Waals surface area contributed by atoms with E-state index in [2.05, 4.69) is 4.99 Å². The number of nitrogens with two attached hydrogens (primary N) is 1. The summed E-state index contributed by atoms with van der Waals surface area (Å²) in [5.74, 6) is -0.245. The molecular formula is C19H21F3N3O2-. The third kappa shape index (κ3) is 2.56. The molecule has 8 heteroatoms. The molecule has 0 radical (unpaired) electrons. The fraction of sp³-hybridized carbons (Fsp3) is 0.579. The fourth-order valence-corrected chi connectivity index (χ4v) is 5.08. The molecule has 3 aliphatic rings. The van der Waals surface area contributed by atoms with E-state index in [0.717, 1.165) is 5.56 Å². The number of aliphatic imine (C=N–C) groups is 1. The van der Waals surface area contributed by atoms with Crippen LogP contribution >= 0.6 is 0 Å². The highest BCUT2D eigenvalue weighted by Crippen LogP contribution is 2.61. The molecule has 1 amide bonds. The largest absolute Gasteiger partial charge is 0.852 e. The van der Waals surface area contributed by atoms with Crippen molar-refractivity contribution in [2.45, 2.75) is 56.3 Å². The third-order valence-electron chi connectivity index (χ3n) is 6.39. The number of likely N-dealkylation sites (N-methyl/N-ethyl adjacent to an activating group) is 1. The number of benzene rings is 1. The van der Waals surface area contributed by atoms with E-state index in [1.807, 2.05) is 0 Å². The molecule has 2 aliphatic carbocycles. The lowest BCUT2D eigenvalue weighted by Gasteiger charge is -2.47. The van der Waals surface area contributed by atoms with Crippen molar-refractivity contribution in [3.63, 3.8) is 0 Å². The van der Waals surface area contributed by atoms with Crippen molar-refractivity contribution in [2.24, 2.45) is 16.1 Å². The Morgan fingerprint density at radius 2 is 2.00 bits per heavy atom. The zero-order valence-corrected chi connectivity index (χ0v) is 15.0. The van der Waals surface area contributed by atoms with Crippen LogP contribution in [0.2, 0.25) is 0 Å². The molecule has 0 bridgehead atoms. The molecule has 1 atom stereocenters. The van der Waals surface area contributed by atoms with Gasteiger partial charge in [0.25, 0.3) is 5.91 Å². The Labute approximate surface area is 155 Å². The van der Waals surface area contributed by atoms with Crippen LogP contribution in [0.3, 0.4) is 0 Å². The number of amides is 1. The summed E-state index contributed by atoms with van der Waals surface area (Å²) in [5.41, 5.74) is 5.48. The van der Waals surface area contributed by atoms with Crippen molar-refractivity contribution in [1.82, 2.24) is 4.90 Å². The Bertz CT molecular complexity index is 828. The average molecular weight is 380 g/mol. The normalized spacial score (nSPS) is 33.1. The van der Waals surface area contributed by atoms with Gasteiger partial charge in [-0.3, -0.25) is 9.69 Å². The standard InChI is InChI=1S/C19H21F3N3O2/c1-25-15(27)19(24-16(25)23)14-8-11(9-18(20,21)22)2-3-12(14)10-17(19)6-4-13(26)5-7-17/h2-3,8,13H,4-7,9-10H2,1H3,(H2,23,24)/q-1. The van der Waals surface area contributed by atoms with Crippen molar-refractivity contribution in [1.29, 1.82) is 0 Å². The van der Waals surface area contributed by atoms with Crippen LogP contribution < -0.4 is 10.8 Å². The summed E-state index contributed by atoms with van der Waals surface area (Å²) in [6, 6.07) is 4.61. The maximum atomic E-state index is 13.3. The minimum Gasteiger partial charge on any atom is -0.852 e. The quantitative estimate of drug-likeness (QED) is 0.804. The van der Waals surface area contributed by atoms with Crippen LogP contribution in [-0.4, -0.2) is 36.1 Å². The van der Waals surface area contributed by atoms with Gasteiger partial charge in [-0.25, -0.2) is 4.99 Å². The molecule has 27 heavy (non-hydrogen) atoms. The first-order valence-corrected chi connectivity index (χ1v) is 9.06. The summed E-state index contributed by atoms with van der Waals surface area (Å²) in [6.07, 6.45) is -3.66. The molecule has 2 spiro atoms.